The molecule has 0 aliphatic heterocycles. The van der Waals surface area contributed by atoms with Crippen LogP contribution in [-0.2, 0) is 6.54 Å². The van der Waals surface area contributed by atoms with E-state index in [0.29, 0.717) is 20.8 Å². The summed E-state index contributed by atoms with van der Waals surface area (Å²) < 4.78 is 19.8. The van der Waals surface area contributed by atoms with Gasteiger partial charge >= 0.3 is 0 Å². The molecule has 0 bridgehead atoms. The second kappa shape index (κ2) is 5.69. The average molecular weight is 331 g/mol. The average Bonchev–Trinajstić information content (AvgIpc) is 2.38. The summed E-state index contributed by atoms with van der Waals surface area (Å²) in [5.41, 5.74) is 6.17. The Balaban J connectivity index is 2.36. The second-order valence-corrected chi connectivity index (χ2v) is 4.79. The summed E-state index contributed by atoms with van der Waals surface area (Å²) in [6.45, 7) is 0.254. The monoisotopic (exact) mass is 329 g/mol. The van der Waals surface area contributed by atoms with Gasteiger partial charge in [0.25, 0.3) is 0 Å². The quantitative estimate of drug-likeness (QED) is 0.899. The number of nitrogens with two attached hydrogens (primary N) is 1. The van der Waals surface area contributed by atoms with E-state index < -0.39 is 5.82 Å². The highest BCUT2D eigenvalue weighted by Crippen LogP contribution is 2.34. The van der Waals surface area contributed by atoms with Gasteiger partial charge in [0, 0.05) is 6.54 Å². The second-order valence-electron chi connectivity index (χ2n) is 3.59. The first-order chi connectivity index (χ1) is 8.63. The molecular weight excluding hydrogens is 321 g/mol. The third kappa shape index (κ3) is 2.66. The van der Waals surface area contributed by atoms with Crippen LogP contribution in [0.5, 0.6) is 11.5 Å². The molecule has 0 unspecified atom stereocenters. The summed E-state index contributed by atoms with van der Waals surface area (Å²) in [6, 6.07) is 10.1. The van der Waals surface area contributed by atoms with E-state index in [1.54, 1.807) is 30.3 Å². The van der Waals surface area contributed by atoms with E-state index in [-0.39, 0.29) is 12.3 Å². The third-order valence-electron chi connectivity index (χ3n) is 2.40. The van der Waals surface area contributed by atoms with Gasteiger partial charge in [0.15, 0.2) is 11.6 Å². The molecule has 2 rings (SSSR count). The van der Waals surface area contributed by atoms with Crippen molar-refractivity contribution in [3.63, 3.8) is 0 Å². The molecule has 0 heterocycles. The molecule has 2 nitrogen and oxygen atoms in total. The van der Waals surface area contributed by atoms with Gasteiger partial charge in [-0.2, -0.15) is 0 Å². The van der Waals surface area contributed by atoms with Crippen LogP contribution in [0.15, 0.2) is 40.9 Å². The fraction of sp³-hybridized carbons (Fsp3) is 0.0769. The first kappa shape index (κ1) is 13.3. The third-order valence-corrected chi connectivity index (χ3v) is 3.57. The Morgan fingerprint density at radius 1 is 1.17 bits per heavy atom. The SMILES string of the molecule is NCc1ccc(Oc2ccccc2Cl)c(F)c1Br. The van der Waals surface area contributed by atoms with Crippen molar-refractivity contribution in [3.05, 3.63) is 57.3 Å². The van der Waals surface area contributed by atoms with Crippen molar-refractivity contribution >= 4 is 27.5 Å². The Morgan fingerprint density at radius 3 is 2.56 bits per heavy atom. The van der Waals surface area contributed by atoms with E-state index in [1.165, 1.54) is 6.07 Å². The molecule has 0 aromatic heterocycles. The predicted octanol–water partition coefficient (Wildman–Crippen LogP) is 4.49. The predicted molar refractivity (Wildman–Crippen MR) is 73.5 cm³/mol. The zero-order valence-electron chi connectivity index (χ0n) is 9.29. The van der Waals surface area contributed by atoms with Gasteiger partial charge < -0.3 is 10.5 Å². The lowest BCUT2D eigenvalue weighted by Crippen LogP contribution is -2.00. The molecule has 2 N–H and O–H groups in total. The molecule has 0 fully saturated rings. The van der Waals surface area contributed by atoms with Gasteiger partial charge in [-0.3, -0.25) is 0 Å². The molecular formula is C13H10BrClFNO. The highest BCUT2D eigenvalue weighted by molar-refractivity contribution is 9.10. The highest BCUT2D eigenvalue weighted by atomic mass is 79.9. The van der Waals surface area contributed by atoms with Gasteiger partial charge in [-0.1, -0.05) is 29.8 Å². The number of para-hydroxylation sites is 1. The molecule has 0 amide bonds. The standard InChI is InChI=1S/C13H10BrClFNO/c14-12-8(7-17)5-6-11(13(12)16)18-10-4-2-1-3-9(10)15/h1-6H,7,17H2. The van der Waals surface area contributed by atoms with Crippen molar-refractivity contribution in [2.75, 3.05) is 0 Å². The Bertz CT molecular complexity index is 577. The van der Waals surface area contributed by atoms with Gasteiger partial charge in [-0.05, 0) is 39.7 Å². The summed E-state index contributed by atoms with van der Waals surface area (Å²) in [5, 5.41) is 0.427. The van der Waals surface area contributed by atoms with E-state index in [1.807, 2.05) is 0 Å². The lowest BCUT2D eigenvalue weighted by molar-refractivity contribution is 0.440. The summed E-state index contributed by atoms with van der Waals surface area (Å²) in [6.07, 6.45) is 0. The van der Waals surface area contributed by atoms with Gasteiger partial charge in [-0.15, -0.1) is 0 Å². The molecule has 0 saturated heterocycles. The lowest BCUT2D eigenvalue weighted by atomic mass is 10.2. The topological polar surface area (TPSA) is 35.2 Å². The van der Waals surface area contributed by atoms with Gasteiger partial charge in [0.05, 0.1) is 9.50 Å². The summed E-state index contributed by atoms with van der Waals surface area (Å²) in [5.74, 6) is 0.0236. The van der Waals surface area contributed by atoms with Gasteiger partial charge in [0.2, 0.25) is 0 Å². The fourth-order valence-corrected chi connectivity index (χ4v) is 2.12. The van der Waals surface area contributed by atoms with Crippen LogP contribution in [0.2, 0.25) is 5.02 Å². The van der Waals surface area contributed by atoms with E-state index in [0.717, 1.165) is 0 Å². The molecule has 0 aliphatic rings. The number of ether oxygens (including phenoxy) is 1. The van der Waals surface area contributed by atoms with Crippen molar-refractivity contribution in [2.24, 2.45) is 5.73 Å². The Hall–Kier alpha value is -1.10. The molecule has 94 valence electrons. The van der Waals surface area contributed by atoms with Crippen LogP contribution in [0, 0.1) is 5.82 Å². The largest absolute Gasteiger partial charge is 0.453 e. The van der Waals surface area contributed by atoms with Crippen molar-refractivity contribution in [1.29, 1.82) is 0 Å². The van der Waals surface area contributed by atoms with E-state index in [4.69, 9.17) is 22.1 Å². The minimum absolute atomic E-state index is 0.104. The van der Waals surface area contributed by atoms with E-state index in [9.17, 15) is 4.39 Å². The van der Waals surface area contributed by atoms with Crippen LogP contribution >= 0.6 is 27.5 Å². The van der Waals surface area contributed by atoms with Gasteiger partial charge in [-0.25, -0.2) is 4.39 Å². The fourth-order valence-electron chi connectivity index (χ4n) is 1.45. The molecule has 0 radical (unpaired) electrons. The number of hydrogen-bond acceptors (Lipinski definition) is 2. The van der Waals surface area contributed by atoms with Crippen LogP contribution in [0.3, 0.4) is 0 Å². The zero-order valence-corrected chi connectivity index (χ0v) is 11.6. The molecule has 0 spiro atoms. The number of halogens is 3. The Morgan fingerprint density at radius 2 is 1.89 bits per heavy atom. The van der Waals surface area contributed by atoms with Gasteiger partial charge in [0.1, 0.15) is 5.75 Å². The van der Waals surface area contributed by atoms with Crippen molar-refractivity contribution in [3.8, 4) is 11.5 Å². The molecule has 5 heteroatoms. The maximum Gasteiger partial charge on any atom is 0.180 e. The lowest BCUT2D eigenvalue weighted by Gasteiger charge is -2.11. The van der Waals surface area contributed by atoms with E-state index >= 15 is 0 Å². The maximum atomic E-state index is 14.0. The summed E-state index contributed by atoms with van der Waals surface area (Å²) in [4.78, 5) is 0. The molecule has 0 atom stereocenters. The van der Waals surface area contributed by atoms with Crippen molar-refractivity contribution < 1.29 is 9.13 Å². The van der Waals surface area contributed by atoms with Crippen LogP contribution in [0.4, 0.5) is 4.39 Å². The number of rotatable bonds is 3. The summed E-state index contributed by atoms with van der Waals surface area (Å²) in [7, 11) is 0. The van der Waals surface area contributed by atoms with Crippen molar-refractivity contribution in [1.82, 2.24) is 0 Å². The smallest absolute Gasteiger partial charge is 0.180 e. The number of benzene rings is 2. The molecule has 0 aliphatic carbocycles. The summed E-state index contributed by atoms with van der Waals surface area (Å²) >= 11 is 9.10. The van der Waals surface area contributed by atoms with Crippen LogP contribution in [0.1, 0.15) is 5.56 Å². The molecule has 2 aromatic rings. The van der Waals surface area contributed by atoms with Crippen LogP contribution in [-0.4, -0.2) is 0 Å². The number of hydrogen-bond donors (Lipinski definition) is 1. The Kier molecular flexibility index (Phi) is 4.22. The molecule has 2 aromatic carbocycles. The normalized spacial score (nSPS) is 10.4. The minimum Gasteiger partial charge on any atom is -0.453 e. The maximum absolute atomic E-state index is 14.0. The molecule has 0 saturated carbocycles. The highest BCUT2D eigenvalue weighted by Gasteiger charge is 2.13. The molecule has 18 heavy (non-hydrogen) atoms. The minimum atomic E-state index is -0.488. The van der Waals surface area contributed by atoms with E-state index in [2.05, 4.69) is 15.9 Å². The first-order valence-corrected chi connectivity index (χ1v) is 6.40. The first-order valence-electron chi connectivity index (χ1n) is 5.23. The Labute approximate surface area is 118 Å². The van der Waals surface area contributed by atoms with Crippen LogP contribution in [0.25, 0.3) is 0 Å². The van der Waals surface area contributed by atoms with Crippen LogP contribution < -0.4 is 10.5 Å². The van der Waals surface area contributed by atoms with Crippen molar-refractivity contribution in [2.45, 2.75) is 6.54 Å². The zero-order chi connectivity index (χ0) is 13.1.